The Bertz CT molecular complexity index is 288. The fourth-order valence-electron chi connectivity index (χ4n) is 1.89. The van der Waals surface area contributed by atoms with Gasteiger partial charge in [-0.3, -0.25) is 4.79 Å². The molecule has 1 N–H and O–H groups in total. The molecule has 0 radical (unpaired) electrons. The number of hydrogen-bond donors (Lipinski definition) is 1. The first-order chi connectivity index (χ1) is 7.02. The molecule has 1 aliphatic carbocycles. The van der Waals surface area contributed by atoms with E-state index in [0.717, 1.165) is 25.7 Å². The van der Waals surface area contributed by atoms with Crippen molar-refractivity contribution in [3.8, 4) is 0 Å². The van der Waals surface area contributed by atoms with Crippen molar-refractivity contribution in [1.29, 1.82) is 0 Å². The zero-order valence-corrected chi connectivity index (χ0v) is 9.19. The van der Waals surface area contributed by atoms with E-state index >= 15 is 0 Å². The van der Waals surface area contributed by atoms with E-state index in [2.05, 4.69) is 0 Å². The largest absolute Gasteiger partial charge is 0.478 e. The molecule has 1 fully saturated rings. The van der Waals surface area contributed by atoms with Gasteiger partial charge in [0.25, 0.3) is 0 Å². The van der Waals surface area contributed by atoms with Crippen LogP contribution >= 0.6 is 0 Å². The van der Waals surface area contributed by atoms with Crippen LogP contribution in [0.3, 0.4) is 0 Å². The lowest BCUT2D eigenvalue weighted by molar-refractivity contribution is -0.135. The lowest BCUT2D eigenvalue weighted by Gasteiger charge is -2.11. The van der Waals surface area contributed by atoms with Gasteiger partial charge < -0.3 is 10.0 Å². The van der Waals surface area contributed by atoms with Crippen LogP contribution in [0.15, 0.2) is 11.8 Å². The average Bonchev–Trinajstić information content (AvgIpc) is 2.65. The van der Waals surface area contributed by atoms with Crippen molar-refractivity contribution >= 4 is 11.8 Å². The topological polar surface area (TPSA) is 57.6 Å². The van der Waals surface area contributed by atoms with Crippen molar-refractivity contribution in [3.63, 3.8) is 0 Å². The predicted octanol–water partition coefficient (Wildman–Crippen LogP) is 1.28. The van der Waals surface area contributed by atoms with E-state index in [-0.39, 0.29) is 17.3 Å². The molecule has 0 heterocycles. The van der Waals surface area contributed by atoms with Crippen molar-refractivity contribution < 1.29 is 14.7 Å². The first kappa shape index (κ1) is 11.8. The summed E-state index contributed by atoms with van der Waals surface area (Å²) in [6, 6.07) is 0. The van der Waals surface area contributed by atoms with Gasteiger partial charge in [-0.2, -0.15) is 0 Å². The highest BCUT2D eigenvalue weighted by Gasteiger charge is 2.28. The summed E-state index contributed by atoms with van der Waals surface area (Å²) in [6.45, 7) is 0. The van der Waals surface area contributed by atoms with Crippen molar-refractivity contribution in [3.05, 3.63) is 11.8 Å². The van der Waals surface area contributed by atoms with Gasteiger partial charge in [0.1, 0.15) is 5.57 Å². The highest BCUT2D eigenvalue weighted by Crippen LogP contribution is 2.27. The van der Waals surface area contributed by atoms with E-state index in [1.807, 2.05) is 0 Å². The number of aliphatic carboxylic acids is 1. The van der Waals surface area contributed by atoms with Crippen LogP contribution in [-0.2, 0) is 9.59 Å². The Morgan fingerprint density at radius 1 is 1.27 bits per heavy atom. The molecule has 0 unspecified atom stereocenters. The van der Waals surface area contributed by atoms with Crippen molar-refractivity contribution in [2.24, 2.45) is 5.92 Å². The molecule has 1 rings (SSSR count). The van der Waals surface area contributed by atoms with Gasteiger partial charge in [-0.15, -0.1) is 0 Å². The predicted molar refractivity (Wildman–Crippen MR) is 56.4 cm³/mol. The summed E-state index contributed by atoms with van der Waals surface area (Å²) in [5, 5.41) is 8.94. The lowest BCUT2D eigenvalue weighted by Crippen LogP contribution is -2.21. The number of carbonyl (C=O) groups excluding carboxylic acids is 1. The summed E-state index contributed by atoms with van der Waals surface area (Å²) in [7, 11) is 3.43. The summed E-state index contributed by atoms with van der Waals surface area (Å²) in [5.74, 6) is -1.42. The zero-order valence-electron chi connectivity index (χ0n) is 9.19. The Morgan fingerprint density at radius 3 is 2.20 bits per heavy atom. The lowest BCUT2D eigenvalue weighted by atomic mass is 9.96. The second kappa shape index (κ2) is 4.96. The summed E-state index contributed by atoms with van der Waals surface area (Å²) in [4.78, 5) is 24.4. The van der Waals surface area contributed by atoms with E-state index in [4.69, 9.17) is 5.11 Å². The van der Waals surface area contributed by atoms with Crippen molar-refractivity contribution in [2.75, 3.05) is 14.1 Å². The van der Waals surface area contributed by atoms with Crippen molar-refractivity contribution in [2.45, 2.75) is 25.7 Å². The normalized spacial score (nSPS) is 17.9. The van der Waals surface area contributed by atoms with Crippen LogP contribution in [0.4, 0.5) is 0 Å². The summed E-state index contributed by atoms with van der Waals surface area (Å²) < 4.78 is 0. The van der Waals surface area contributed by atoms with Crippen LogP contribution in [0, 0.1) is 5.92 Å². The fourth-order valence-corrected chi connectivity index (χ4v) is 1.89. The Labute approximate surface area is 89.6 Å². The van der Waals surface area contributed by atoms with Crippen LogP contribution in [0.1, 0.15) is 25.7 Å². The molecule has 1 saturated carbocycles. The van der Waals surface area contributed by atoms with Crippen LogP contribution in [0.2, 0.25) is 0 Å². The minimum Gasteiger partial charge on any atom is -0.478 e. The average molecular weight is 211 g/mol. The van der Waals surface area contributed by atoms with Gasteiger partial charge in [-0.1, -0.05) is 12.8 Å². The van der Waals surface area contributed by atoms with Gasteiger partial charge in [0.2, 0.25) is 0 Å². The molecular formula is C11H17NO3. The minimum atomic E-state index is -1.12. The number of hydrogen-bond acceptors (Lipinski definition) is 3. The molecule has 0 amide bonds. The number of ketones is 1. The molecule has 0 aliphatic heterocycles. The van der Waals surface area contributed by atoms with Gasteiger partial charge in [0, 0.05) is 26.2 Å². The van der Waals surface area contributed by atoms with Gasteiger partial charge in [-0.05, 0) is 12.8 Å². The maximum absolute atomic E-state index is 11.8. The van der Waals surface area contributed by atoms with Crippen LogP contribution in [0.25, 0.3) is 0 Å². The third-order valence-corrected chi connectivity index (χ3v) is 2.61. The Morgan fingerprint density at radius 2 is 1.80 bits per heavy atom. The number of Topliss-reactive ketones (excluding diaryl/α,β-unsaturated/α-hetero) is 1. The molecule has 0 spiro atoms. The molecule has 15 heavy (non-hydrogen) atoms. The molecule has 0 aromatic carbocycles. The van der Waals surface area contributed by atoms with Crippen molar-refractivity contribution in [1.82, 2.24) is 4.90 Å². The smallest absolute Gasteiger partial charge is 0.340 e. The monoisotopic (exact) mass is 211 g/mol. The highest BCUT2D eigenvalue weighted by atomic mass is 16.4. The van der Waals surface area contributed by atoms with E-state index in [1.165, 1.54) is 6.20 Å². The number of carboxylic acid groups (broad SMARTS) is 1. The van der Waals surface area contributed by atoms with Crippen LogP contribution in [-0.4, -0.2) is 35.9 Å². The number of nitrogens with zero attached hydrogens (tertiary/aromatic N) is 1. The zero-order chi connectivity index (χ0) is 11.4. The third-order valence-electron chi connectivity index (χ3n) is 2.61. The second-order valence-electron chi connectivity index (χ2n) is 4.16. The molecule has 0 bridgehead atoms. The Balaban J connectivity index is 2.80. The van der Waals surface area contributed by atoms with Crippen LogP contribution in [0.5, 0.6) is 0 Å². The summed E-state index contributed by atoms with van der Waals surface area (Å²) >= 11 is 0. The van der Waals surface area contributed by atoms with Crippen LogP contribution < -0.4 is 0 Å². The first-order valence-corrected chi connectivity index (χ1v) is 5.18. The van der Waals surface area contributed by atoms with E-state index in [0.29, 0.717) is 0 Å². The summed E-state index contributed by atoms with van der Waals surface area (Å²) in [6.07, 6.45) is 5.12. The Kier molecular flexibility index (Phi) is 3.88. The van der Waals surface area contributed by atoms with E-state index < -0.39 is 5.97 Å². The van der Waals surface area contributed by atoms with E-state index in [1.54, 1.807) is 19.0 Å². The SMILES string of the molecule is CN(C)C=C(C(=O)O)C(=O)C1CCCC1. The van der Waals surface area contributed by atoms with Gasteiger partial charge in [0.05, 0.1) is 0 Å². The second-order valence-corrected chi connectivity index (χ2v) is 4.16. The Hall–Kier alpha value is -1.32. The summed E-state index contributed by atoms with van der Waals surface area (Å²) in [5.41, 5.74) is -0.0908. The first-order valence-electron chi connectivity index (χ1n) is 5.18. The minimum absolute atomic E-state index is 0.0766. The molecule has 0 aromatic rings. The number of rotatable bonds is 4. The van der Waals surface area contributed by atoms with Gasteiger partial charge in [0.15, 0.2) is 5.78 Å². The van der Waals surface area contributed by atoms with Gasteiger partial charge >= 0.3 is 5.97 Å². The molecular weight excluding hydrogens is 194 g/mol. The molecule has 0 aromatic heterocycles. The van der Waals surface area contributed by atoms with E-state index in [9.17, 15) is 9.59 Å². The number of carboxylic acids is 1. The highest BCUT2D eigenvalue weighted by molar-refractivity contribution is 6.17. The molecule has 1 aliphatic rings. The quantitative estimate of drug-likeness (QED) is 0.432. The van der Waals surface area contributed by atoms with Gasteiger partial charge in [-0.25, -0.2) is 4.79 Å². The molecule has 4 nitrogen and oxygen atoms in total. The maximum atomic E-state index is 11.8. The molecule has 84 valence electrons. The molecule has 0 atom stereocenters. The molecule has 0 saturated heterocycles. The number of carbonyl (C=O) groups is 2. The standard InChI is InChI=1S/C11H17NO3/c1-12(2)7-9(11(14)15)10(13)8-5-3-4-6-8/h7-8H,3-6H2,1-2H3,(H,14,15). The fraction of sp³-hybridized carbons (Fsp3) is 0.636. The third kappa shape index (κ3) is 3.08. The molecule has 4 heteroatoms. The maximum Gasteiger partial charge on any atom is 0.340 e.